The Morgan fingerprint density at radius 2 is 1.55 bits per heavy atom. The molecule has 0 fully saturated rings. The van der Waals surface area contributed by atoms with E-state index < -0.39 is 0 Å². The maximum atomic E-state index is 3.29. The Bertz CT molecular complexity index is 674. The average molecular weight is 264 g/mol. The summed E-state index contributed by atoms with van der Waals surface area (Å²) < 4.78 is 0. The van der Waals surface area contributed by atoms with Crippen molar-refractivity contribution in [3.05, 3.63) is 71.4 Å². The van der Waals surface area contributed by atoms with E-state index in [4.69, 9.17) is 0 Å². The van der Waals surface area contributed by atoms with Gasteiger partial charge >= 0.3 is 0 Å². The highest BCUT2D eigenvalue weighted by molar-refractivity contribution is 5.82. The molecule has 0 atom stereocenters. The number of fused-ring (bicyclic) bond motifs is 2. The Hall–Kier alpha value is -2.06. The molecule has 0 amide bonds. The minimum atomic E-state index is 1.05. The first kappa shape index (κ1) is 12.9. The van der Waals surface area contributed by atoms with Crippen LogP contribution in [0.15, 0.2) is 54.7 Å². The lowest BCUT2D eigenvalue weighted by Crippen LogP contribution is -1.99. The van der Waals surface area contributed by atoms with Crippen LogP contribution in [-0.2, 0) is 19.5 Å². The van der Waals surface area contributed by atoms with Gasteiger partial charge in [-0.15, -0.1) is 0 Å². The van der Waals surface area contributed by atoms with Gasteiger partial charge in [0.15, 0.2) is 0 Å². The first-order chi connectivity index (χ1) is 9.88. The lowest BCUT2D eigenvalue weighted by atomic mass is 10.1. The van der Waals surface area contributed by atoms with Crippen LogP contribution in [0.3, 0.4) is 0 Å². The van der Waals surface area contributed by atoms with Gasteiger partial charge in [0.25, 0.3) is 0 Å². The number of aryl methyl sites for hydroxylation is 1. The molecule has 1 aromatic heterocycles. The Morgan fingerprint density at radius 3 is 2.25 bits per heavy atom. The molecule has 3 aromatic rings. The van der Waals surface area contributed by atoms with E-state index in [-0.39, 0.29) is 0 Å². The number of benzene rings is 2. The van der Waals surface area contributed by atoms with Crippen LogP contribution in [0.25, 0.3) is 10.9 Å². The van der Waals surface area contributed by atoms with Crippen LogP contribution in [0.1, 0.15) is 23.6 Å². The van der Waals surface area contributed by atoms with Crippen molar-refractivity contribution in [3.8, 4) is 0 Å². The lowest BCUT2D eigenvalue weighted by molar-refractivity contribution is 0.765. The zero-order valence-electron chi connectivity index (χ0n) is 11.8. The molecule has 2 nitrogen and oxygen atoms in total. The topological polar surface area (TPSA) is 27.8 Å². The molecule has 4 rings (SSSR count). The van der Waals surface area contributed by atoms with Gasteiger partial charge in [-0.3, -0.25) is 0 Å². The molecular formula is C18H20N2. The summed E-state index contributed by atoms with van der Waals surface area (Å²) in [6.07, 6.45) is 3.19. The van der Waals surface area contributed by atoms with Gasteiger partial charge in [0.05, 0.1) is 0 Å². The number of para-hydroxylation sites is 1. The fraction of sp³-hybridized carbons (Fsp3) is 0.222. The van der Waals surface area contributed by atoms with Crippen molar-refractivity contribution >= 4 is 10.9 Å². The number of aromatic nitrogens is 1. The normalized spacial score (nSPS) is 12.8. The maximum Gasteiger partial charge on any atom is 0.0456 e. The van der Waals surface area contributed by atoms with E-state index in [2.05, 4.69) is 72.0 Å². The van der Waals surface area contributed by atoms with Gasteiger partial charge in [-0.2, -0.15) is 0 Å². The molecule has 0 unspecified atom stereocenters. The molecule has 2 aromatic carbocycles. The second-order valence-electron chi connectivity index (χ2n) is 5.09. The van der Waals surface area contributed by atoms with Crippen molar-refractivity contribution in [1.29, 1.82) is 0 Å². The van der Waals surface area contributed by atoms with Gasteiger partial charge in [0, 0.05) is 30.2 Å². The van der Waals surface area contributed by atoms with Crippen LogP contribution in [0, 0.1) is 0 Å². The van der Waals surface area contributed by atoms with Gasteiger partial charge in [0.2, 0.25) is 0 Å². The largest absolute Gasteiger partial charge is 0.361 e. The molecule has 102 valence electrons. The fourth-order valence-electron chi connectivity index (χ4n) is 2.66. The maximum absolute atomic E-state index is 3.29. The number of rotatable bonds is 1. The van der Waals surface area contributed by atoms with Gasteiger partial charge in [0.1, 0.15) is 0 Å². The first-order valence-corrected chi connectivity index (χ1v) is 7.21. The van der Waals surface area contributed by atoms with E-state index in [0.717, 1.165) is 19.5 Å². The highest BCUT2D eigenvalue weighted by Crippen LogP contribution is 2.17. The number of hydrogen-bond donors (Lipinski definition) is 2. The SMILES string of the molecule is CCc1c[nH]c2ccccc12.c1ccc2c(c1)CNC2. The summed E-state index contributed by atoms with van der Waals surface area (Å²) in [6, 6.07) is 16.9. The van der Waals surface area contributed by atoms with Crippen molar-refractivity contribution in [1.82, 2.24) is 10.3 Å². The third-order valence-electron chi connectivity index (χ3n) is 3.81. The predicted molar refractivity (Wildman–Crippen MR) is 84.7 cm³/mol. The monoisotopic (exact) mass is 264 g/mol. The smallest absolute Gasteiger partial charge is 0.0456 e. The highest BCUT2D eigenvalue weighted by Gasteiger charge is 2.06. The van der Waals surface area contributed by atoms with E-state index in [9.17, 15) is 0 Å². The van der Waals surface area contributed by atoms with Crippen LogP contribution in [0.4, 0.5) is 0 Å². The Morgan fingerprint density at radius 1 is 0.900 bits per heavy atom. The van der Waals surface area contributed by atoms with Crippen molar-refractivity contribution in [3.63, 3.8) is 0 Å². The second-order valence-corrected chi connectivity index (χ2v) is 5.09. The van der Waals surface area contributed by atoms with Crippen molar-refractivity contribution < 1.29 is 0 Å². The standard InChI is InChI=1S/C10H11N.C8H9N/c1-2-8-7-11-10-6-4-3-5-9(8)10;1-2-4-8-6-9-5-7(8)3-1/h3-7,11H,2H2,1H3;1-4,9H,5-6H2. The minimum absolute atomic E-state index is 1.05. The molecule has 20 heavy (non-hydrogen) atoms. The average Bonchev–Trinajstić information content (AvgIpc) is 3.14. The Labute approximate surface area is 119 Å². The summed E-state index contributed by atoms with van der Waals surface area (Å²) >= 11 is 0. The molecule has 0 saturated heterocycles. The summed E-state index contributed by atoms with van der Waals surface area (Å²) in [5.74, 6) is 0. The number of hydrogen-bond acceptors (Lipinski definition) is 1. The summed E-state index contributed by atoms with van der Waals surface area (Å²) in [7, 11) is 0. The minimum Gasteiger partial charge on any atom is -0.361 e. The zero-order valence-corrected chi connectivity index (χ0v) is 11.8. The fourth-order valence-corrected chi connectivity index (χ4v) is 2.66. The molecule has 1 aliphatic heterocycles. The molecule has 0 radical (unpaired) electrons. The molecule has 2 N–H and O–H groups in total. The van der Waals surface area contributed by atoms with Crippen LogP contribution >= 0.6 is 0 Å². The van der Waals surface area contributed by atoms with E-state index in [1.54, 1.807) is 0 Å². The molecule has 2 heterocycles. The number of aromatic amines is 1. The quantitative estimate of drug-likeness (QED) is 0.682. The summed E-state index contributed by atoms with van der Waals surface area (Å²) in [5.41, 5.74) is 5.56. The highest BCUT2D eigenvalue weighted by atomic mass is 14.9. The molecule has 1 aliphatic rings. The molecule has 0 bridgehead atoms. The molecule has 0 aliphatic carbocycles. The molecule has 0 saturated carbocycles. The van der Waals surface area contributed by atoms with E-state index in [1.165, 1.54) is 27.6 Å². The predicted octanol–water partition coefficient (Wildman–Crippen LogP) is 4.02. The summed E-state index contributed by atoms with van der Waals surface area (Å²) in [4.78, 5) is 3.24. The van der Waals surface area contributed by atoms with Crippen LogP contribution in [-0.4, -0.2) is 4.98 Å². The van der Waals surface area contributed by atoms with Crippen LogP contribution in [0.5, 0.6) is 0 Å². The first-order valence-electron chi connectivity index (χ1n) is 7.21. The van der Waals surface area contributed by atoms with Crippen molar-refractivity contribution in [2.24, 2.45) is 0 Å². The third kappa shape index (κ3) is 2.61. The van der Waals surface area contributed by atoms with Crippen molar-refractivity contribution in [2.75, 3.05) is 0 Å². The number of H-pyrrole nitrogens is 1. The Kier molecular flexibility index (Phi) is 3.84. The van der Waals surface area contributed by atoms with Gasteiger partial charge < -0.3 is 10.3 Å². The number of nitrogens with one attached hydrogen (secondary N) is 2. The van der Waals surface area contributed by atoms with Crippen LogP contribution in [0.2, 0.25) is 0 Å². The van der Waals surface area contributed by atoms with Gasteiger partial charge in [-0.1, -0.05) is 49.4 Å². The Balaban J connectivity index is 0.000000123. The zero-order chi connectivity index (χ0) is 13.8. The summed E-state index contributed by atoms with van der Waals surface area (Å²) in [6.45, 7) is 4.28. The van der Waals surface area contributed by atoms with Crippen LogP contribution < -0.4 is 5.32 Å². The van der Waals surface area contributed by atoms with Gasteiger partial charge in [-0.05, 0) is 29.2 Å². The molecule has 2 heteroatoms. The molecular weight excluding hydrogens is 244 g/mol. The lowest BCUT2D eigenvalue weighted by Gasteiger charge is -1.91. The van der Waals surface area contributed by atoms with E-state index in [0.29, 0.717) is 0 Å². The van der Waals surface area contributed by atoms with Gasteiger partial charge in [-0.25, -0.2) is 0 Å². The van der Waals surface area contributed by atoms with E-state index in [1.807, 2.05) is 0 Å². The molecule has 0 spiro atoms. The summed E-state index contributed by atoms with van der Waals surface area (Å²) in [5, 5.41) is 4.64. The third-order valence-corrected chi connectivity index (χ3v) is 3.81. The second kappa shape index (κ2) is 5.93. The van der Waals surface area contributed by atoms with E-state index >= 15 is 0 Å². The van der Waals surface area contributed by atoms with Crippen molar-refractivity contribution in [2.45, 2.75) is 26.4 Å².